The molecule has 0 aromatic carbocycles. The van der Waals surface area contributed by atoms with Gasteiger partial charge >= 0.3 is 0 Å². The maximum Gasteiger partial charge on any atom is 0.264 e. The summed E-state index contributed by atoms with van der Waals surface area (Å²) in [6, 6.07) is 5.22. The molecule has 0 spiro atoms. The van der Waals surface area contributed by atoms with E-state index in [1.807, 2.05) is 0 Å². The molecule has 0 saturated carbocycles. The molecule has 29 heavy (non-hydrogen) atoms. The number of likely N-dealkylation sites (tertiary alicyclic amines) is 1. The third-order valence-corrected chi connectivity index (χ3v) is 8.02. The number of nitrogens with zero attached hydrogens (tertiary/aromatic N) is 2. The first-order chi connectivity index (χ1) is 13.9. The highest BCUT2D eigenvalue weighted by atomic mass is 35.5. The summed E-state index contributed by atoms with van der Waals surface area (Å²) in [5, 5.41) is 3.00. The number of fused-ring (bicyclic) bond motifs is 1. The van der Waals surface area contributed by atoms with E-state index in [1.165, 1.54) is 21.8 Å². The molecule has 4 rings (SSSR count). The summed E-state index contributed by atoms with van der Waals surface area (Å²) >= 11 is 8.78. The molecular weight excluding hydrogens is 430 g/mol. The summed E-state index contributed by atoms with van der Waals surface area (Å²) in [5.74, 6) is -0.162. The highest BCUT2D eigenvalue weighted by Crippen LogP contribution is 2.28. The van der Waals surface area contributed by atoms with E-state index in [0.29, 0.717) is 22.3 Å². The van der Waals surface area contributed by atoms with Crippen molar-refractivity contribution in [1.82, 2.24) is 15.1 Å². The minimum atomic E-state index is -0.247. The predicted octanol–water partition coefficient (Wildman–Crippen LogP) is 2.76. The van der Waals surface area contributed by atoms with Crippen molar-refractivity contribution < 1.29 is 14.3 Å². The third kappa shape index (κ3) is 4.51. The first kappa shape index (κ1) is 20.8. The SMILES string of the molecule is COC1CN(C(=O)c2cc3c(s2)CCN(C)CC3)CC1NC(=O)c1ccc(Cl)s1. The molecule has 4 heterocycles. The van der Waals surface area contributed by atoms with E-state index < -0.39 is 0 Å². The molecular formula is C20H24ClN3O3S2. The van der Waals surface area contributed by atoms with Crippen LogP contribution in [0.15, 0.2) is 18.2 Å². The Labute approximate surface area is 183 Å². The van der Waals surface area contributed by atoms with Crippen LogP contribution in [0.4, 0.5) is 0 Å². The molecule has 0 bridgehead atoms. The standard InChI is InChI=1S/C20H24ClN3O3S2/c1-23-7-5-12-9-17(28-15(12)6-8-23)20(26)24-10-13(14(11-24)27-2)22-19(25)16-3-4-18(21)29-16/h3-4,9,13-14H,5-8,10-11H2,1-2H3,(H,22,25). The average molecular weight is 454 g/mol. The van der Waals surface area contributed by atoms with Crippen molar-refractivity contribution in [2.75, 3.05) is 40.3 Å². The molecule has 2 aromatic rings. The topological polar surface area (TPSA) is 61.9 Å². The van der Waals surface area contributed by atoms with Gasteiger partial charge in [0.25, 0.3) is 11.8 Å². The van der Waals surface area contributed by atoms with Crippen LogP contribution in [0.25, 0.3) is 0 Å². The van der Waals surface area contributed by atoms with Crippen molar-refractivity contribution in [3.8, 4) is 0 Å². The lowest BCUT2D eigenvalue weighted by Crippen LogP contribution is -2.43. The van der Waals surface area contributed by atoms with Gasteiger partial charge in [-0.05, 0) is 43.7 Å². The number of ether oxygens (including phenoxy) is 1. The van der Waals surface area contributed by atoms with E-state index in [4.69, 9.17) is 16.3 Å². The zero-order valence-corrected chi connectivity index (χ0v) is 18.8. The molecule has 1 saturated heterocycles. The molecule has 2 aliphatic rings. The van der Waals surface area contributed by atoms with Gasteiger partial charge in [-0.2, -0.15) is 0 Å². The summed E-state index contributed by atoms with van der Waals surface area (Å²) in [6.45, 7) is 2.95. The van der Waals surface area contributed by atoms with E-state index in [2.05, 4.69) is 23.3 Å². The maximum absolute atomic E-state index is 13.1. The van der Waals surface area contributed by atoms with Gasteiger partial charge in [0.15, 0.2) is 0 Å². The van der Waals surface area contributed by atoms with Gasteiger partial charge in [0.1, 0.15) is 0 Å². The van der Waals surface area contributed by atoms with Crippen molar-refractivity contribution >= 4 is 46.1 Å². The van der Waals surface area contributed by atoms with Crippen LogP contribution in [0.3, 0.4) is 0 Å². The number of carbonyl (C=O) groups excluding carboxylic acids is 2. The molecule has 0 radical (unpaired) electrons. The number of carbonyl (C=O) groups is 2. The Balaban J connectivity index is 1.43. The van der Waals surface area contributed by atoms with Crippen molar-refractivity contribution in [2.24, 2.45) is 0 Å². The molecule has 1 fully saturated rings. The second kappa shape index (κ2) is 8.73. The summed E-state index contributed by atoms with van der Waals surface area (Å²) in [5.41, 5.74) is 1.30. The average Bonchev–Trinajstić information content (AvgIpc) is 3.40. The van der Waals surface area contributed by atoms with Gasteiger partial charge in [-0.1, -0.05) is 11.6 Å². The Bertz CT molecular complexity index is 887. The van der Waals surface area contributed by atoms with E-state index >= 15 is 0 Å². The molecule has 2 aliphatic heterocycles. The Morgan fingerprint density at radius 3 is 2.69 bits per heavy atom. The van der Waals surface area contributed by atoms with Crippen LogP contribution < -0.4 is 5.32 Å². The maximum atomic E-state index is 13.1. The monoisotopic (exact) mass is 453 g/mol. The minimum Gasteiger partial charge on any atom is -0.377 e. The first-order valence-electron chi connectivity index (χ1n) is 9.63. The van der Waals surface area contributed by atoms with E-state index in [-0.39, 0.29) is 24.0 Å². The Kier molecular flexibility index (Phi) is 6.27. The zero-order valence-electron chi connectivity index (χ0n) is 16.4. The van der Waals surface area contributed by atoms with Gasteiger partial charge in [0.2, 0.25) is 0 Å². The number of amides is 2. The molecule has 0 aliphatic carbocycles. The number of hydrogen-bond acceptors (Lipinski definition) is 6. The van der Waals surface area contributed by atoms with E-state index in [9.17, 15) is 9.59 Å². The van der Waals surface area contributed by atoms with Gasteiger partial charge < -0.3 is 19.9 Å². The van der Waals surface area contributed by atoms with Crippen LogP contribution in [-0.4, -0.2) is 74.1 Å². The predicted molar refractivity (Wildman–Crippen MR) is 117 cm³/mol. The number of nitrogens with one attached hydrogen (secondary N) is 1. The largest absolute Gasteiger partial charge is 0.377 e. The normalized spacial score (nSPS) is 22.4. The van der Waals surface area contributed by atoms with Gasteiger partial charge in [-0.25, -0.2) is 0 Å². The van der Waals surface area contributed by atoms with E-state index in [1.54, 1.807) is 35.5 Å². The quantitative estimate of drug-likeness (QED) is 0.773. The molecule has 156 valence electrons. The van der Waals surface area contributed by atoms with Crippen LogP contribution in [0.2, 0.25) is 4.34 Å². The number of thiophene rings is 2. The van der Waals surface area contributed by atoms with Crippen LogP contribution in [0.1, 0.15) is 29.8 Å². The molecule has 2 aromatic heterocycles. The lowest BCUT2D eigenvalue weighted by molar-refractivity contribution is 0.0695. The molecule has 2 unspecified atom stereocenters. The molecule has 6 nitrogen and oxygen atoms in total. The third-order valence-electron chi connectivity index (χ3n) is 5.56. The highest BCUT2D eigenvalue weighted by Gasteiger charge is 2.37. The smallest absolute Gasteiger partial charge is 0.264 e. The summed E-state index contributed by atoms with van der Waals surface area (Å²) < 4.78 is 6.13. The highest BCUT2D eigenvalue weighted by molar-refractivity contribution is 7.18. The zero-order chi connectivity index (χ0) is 20.5. The summed E-state index contributed by atoms with van der Waals surface area (Å²) in [6.07, 6.45) is 1.75. The fourth-order valence-electron chi connectivity index (χ4n) is 3.86. The van der Waals surface area contributed by atoms with Gasteiger partial charge in [-0.3, -0.25) is 9.59 Å². The second-order valence-corrected chi connectivity index (χ2v) is 10.4. The Hall–Kier alpha value is -1.45. The van der Waals surface area contributed by atoms with Crippen molar-refractivity contribution in [2.45, 2.75) is 25.0 Å². The van der Waals surface area contributed by atoms with Crippen LogP contribution in [-0.2, 0) is 17.6 Å². The summed E-state index contributed by atoms with van der Waals surface area (Å²) in [7, 11) is 3.75. The minimum absolute atomic E-state index is 0.0226. The molecule has 9 heteroatoms. The number of likely N-dealkylation sites (N-methyl/N-ethyl adjacent to an activating group) is 1. The number of methoxy groups -OCH3 is 1. The Morgan fingerprint density at radius 2 is 1.97 bits per heavy atom. The van der Waals surface area contributed by atoms with Gasteiger partial charge in [0.05, 0.1) is 26.2 Å². The number of hydrogen-bond donors (Lipinski definition) is 1. The van der Waals surface area contributed by atoms with Crippen LogP contribution >= 0.6 is 34.3 Å². The lowest BCUT2D eigenvalue weighted by Gasteiger charge is -2.17. The fourth-order valence-corrected chi connectivity index (χ4v) is 5.97. The van der Waals surface area contributed by atoms with Crippen molar-refractivity contribution in [1.29, 1.82) is 0 Å². The second-order valence-electron chi connectivity index (χ2n) is 7.53. The summed E-state index contributed by atoms with van der Waals surface area (Å²) in [4.78, 5) is 32.4. The molecule has 2 amide bonds. The fraction of sp³-hybridized carbons (Fsp3) is 0.500. The Morgan fingerprint density at radius 1 is 1.17 bits per heavy atom. The van der Waals surface area contributed by atoms with Crippen LogP contribution in [0.5, 0.6) is 0 Å². The number of halogens is 1. The molecule has 1 N–H and O–H groups in total. The molecule has 2 atom stereocenters. The van der Waals surface area contributed by atoms with Crippen molar-refractivity contribution in [3.63, 3.8) is 0 Å². The number of rotatable bonds is 4. The van der Waals surface area contributed by atoms with E-state index in [0.717, 1.165) is 30.8 Å². The lowest BCUT2D eigenvalue weighted by atomic mass is 10.1. The van der Waals surface area contributed by atoms with Crippen LogP contribution in [0, 0.1) is 0 Å². The van der Waals surface area contributed by atoms with Gasteiger partial charge in [0, 0.05) is 38.2 Å². The van der Waals surface area contributed by atoms with Crippen molar-refractivity contribution in [3.05, 3.63) is 42.7 Å². The first-order valence-corrected chi connectivity index (χ1v) is 11.6. The van der Waals surface area contributed by atoms with Gasteiger partial charge in [-0.15, -0.1) is 22.7 Å².